The fourth-order valence-electron chi connectivity index (χ4n) is 3.01. The Morgan fingerprint density at radius 2 is 1.84 bits per heavy atom. The third-order valence-corrected chi connectivity index (χ3v) is 5.22. The quantitative estimate of drug-likeness (QED) is 0.233. The highest BCUT2D eigenvalue weighted by atomic mass is 127. The number of carbonyl (C=O) groups excluding carboxylic acids is 3. The van der Waals surface area contributed by atoms with Gasteiger partial charge in [0, 0.05) is 0 Å². The van der Waals surface area contributed by atoms with E-state index in [9.17, 15) is 14.4 Å². The van der Waals surface area contributed by atoms with Crippen molar-refractivity contribution in [2.24, 2.45) is 0 Å². The van der Waals surface area contributed by atoms with Crippen LogP contribution in [0, 0.1) is 3.57 Å². The summed E-state index contributed by atoms with van der Waals surface area (Å²) < 4.78 is 17.2. The van der Waals surface area contributed by atoms with Gasteiger partial charge in [-0.25, -0.2) is 9.69 Å². The van der Waals surface area contributed by atoms with E-state index in [1.165, 1.54) is 13.2 Å². The molecule has 0 aliphatic carbocycles. The molecule has 0 spiro atoms. The number of hydrogen-bond acceptors (Lipinski definition) is 6. The summed E-state index contributed by atoms with van der Waals surface area (Å²) in [5.74, 6) is 0.0830. The van der Waals surface area contributed by atoms with Crippen molar-refractivity contribution < 1.29 is 28.6 Å². The van der Waals surface area contributed by atoms with E-state index in [4.69, 9.17) is 14.2 Å². The lowest BCUT2D eigenvalue weighted by Crippen LogP contribution is -2.54. The van der Waals surface area contributed by atoms with Crippen LogP contribution >= 0.6 is 22.6 Å². The maximum absolute atomic E-state index is 13.1. The minimum absolute atomic E-state index is 0.182. The Morgan fingerprint density at radius 1 is 1.12 bits per heavy atom. The number of anilines is 1. The van der Waals surface area contributed by atoms with Crippen LogP contribution in [0.3, 0.4) is 0 Å². The van der Waals surface area contributed by atoms with Crippen LogP contribution in [0.25, 0.3) is 6.08 Å². The molecule has 4 amide bonds. The summed E-state index contributed by atoms with van der Waals surface area (Å²) in [4.78, 5) is 38.8. The Bertz CT molecular complexity index is 1090. The molecule has 0 saturated carbocycles. The molecule has 1 aliphatic rings. The Labute approximate surface area is 199 Å². The first kappa shape index (κ1) is 23.3. The number of benzene rings is 2. The molecule has 9 heteroatoms. The Morgan fingerprint density at radius 3 is 2.47 bits per heavy atom. The largest absolute Gasteiger partial charge is 0.497 e. The van der Waals surface area contributed by atoms with Crippen LogP contribution in [0.2, 0.25) is 0 Å². The molecule has 1 aliphatic heterocycles. The normalized spacial score (nSPS) is 14.9. The zero-order valence-electron chi connectivity index (χ0n) is 17.5. The maximum atomic E-state index is 13.1. The van der Waals surface area contributed by atoms with Gasteiger partial charge in [-0.05, 0) is 77.6 Å². The van der Waals surface area contributed by atoms with Crippen LogP contribution in [0.1, 0.15) is 12.5 Å². The number of ether oxygens (including phenoxy) is 3. The molecule has 1 saturated heterocycles. The van der Waals surface area contributed by atoms with E-state index < -0.39 is 17.8 Å². The number of amides is 4. The monoisotopic (exact) mass is 548 g/mol. The number of imide groups is 2. The Hall–Kier alpha value is -3.34. The highest BCUT2D eigenvalue weighted by Crippen LogP contribution is 2.35. The molecule has 0 aromatic heterocycles. The van der Waals surface area contributed by atoms with Crippen LogP contribution < -0.4 is 24.4 Å². The highest BCUT2D eigenvalue weighted by Gasteiger charge is 2.36. The lowest BCUT2D eigenvalue weighted by atomic mass is 10.1. The molecule has 2 aromatic rings. The molecule has 3 rings (SSSR count). The van der Waals surface area contributed by atoms with Gasteiger partial charge in [-0.2, -0.15) is 0 Å². The molecule has 1 heterocycles. The van der Waals surface area contributed by atoms with E-state index in [2.05, 4.69) is 34.5 Å². The molecule has 1 fully saturated rings. The van der Waals surface area contributed by atoms with Gasteiger partial charge in [0.2, 0.25) is 0 Å². The SMILES string of the molecule is C=CCOc1c(I)cc(/C=C2\C(=O)NC(=O)N(c3ccc(OC)cc3)C2=O)cc1OCC. The number of carbonyl (C=O) groups is 3. The van der Waals surface area contributed by atoms with E-state index >= 15 is 0 Å². The number of rotatable bonds is 8. The van der Waals surface area contributed by atoms with Crippen LogP contribution in [0.4, 0.5) is 10.5 Å². The van der Waals surface area contributed by atoms with E-state index in [-0.39, 0.29) is 5.57 Å². The van der Waals surface area contributed by atoms with Gasteiger partial charge in [-0.15, -0.1) is 0 Å². The molecule has 32 heavy (non-hydrogen) atoms. The van der Waals surface area contributed by atoms with Gasteiger partial charge in [0.05, 0.1) is 23.0 Å². The molecule has 0 unspecified atom stereocenters. The summed E-state index contributed by atoms with van der Waals surface area (Å²) >= 11 is 2.09. The second kappa shape index (κ2) is 10.3. The minimum atomic E-state index is -0.819. The molecule has 8 nitrogen and oxygen atoms in total. The molecule has 2 aromatic carbocycles. The van der Waals surface area contributed by atoms with Crippen LogP contribution in [-0.4, -0.2) is 38.2 Å². The summed E-state index contributed by atoms with van der Waals surface area (Å²) in [5, 5.41) is 2.21. The number of nitrogens with zero attached hydrogens (tertiary/aromatic N) is 1. The summed E-state index contributed by atoms with van der Waals surface area (Å²) in [7, 11) is 1.51. The predicted molar refractivity (Wildman–Crippen MR) is 128 cm³/mol. The van der Waals surface area contributed by atoms with Crippen LogP contribution in [0.5, 0.6) is 17.2 Å². The van der Waals surface area contributed by atoms with Crippen molar-refractivity contribution in [3.63, 3.8) is 0 Å². The standard InChI is InChI=1S/C23H21IN2O6/c1-4-10-32-20-18(24)12-14(13-19(20)31-5-2)11-17-21(27)25-23(29)26(22(17)28)15-6-8-16(30-3)9-7-15/h4,6-9,11-13H,1,5,10H2,2-3H3,(H,25,27,29)/b17-11+. The van der Waals surface area contributed by atoms with Crippen LogP contribution in [0.15, 0.2) is 54.6 Å². The molecule has 166 valence electrons. The number of barbiturate groups is 1. The van der Waals surface area contributed by atoms with Crippen molar-refractivity contribution in [1.82, 2.24) is 5.32 Å². The van der Waals surface area contributed by atoms with Crippen molar-refractivity contribution in [1.29, 1.82) is 0 Å². The topological polar surface area (TPSA) is 94.2 Å². The number of hydrogen-bond donors (Lipinski definition) is 1. The average Bonchev–Trinajstić information content (AvgIpc) is 2.76. The van der Waals surface area contributed by atoms with Crippen molar-refractivity contribution in [2.75, 3.05) is 25.2 Å². The molecule has 1 N–H and O–H groups in total. The molecule has 0 atom stereocenters. The van der Waals surface area contributed by atoms with E-state index in [0.717, 1.165) is 8.47 Å². The van der Waals surface area contributed by atoms with Gasteiger partial charge in [0.1, 0.15) is 17.9 Å². The van der Waals surface area contributed by atoms with Gasteiger partial charge < -0.3 is 14.2 Å². The fourth-order valence-corrected chi connectivity index (χ4v) is 3.79. The lowest BCUT2D eigenvalue weighted by Gasteiger charge is -2.26. The molecular weight excluding hydrogens is 527 g/mol. The number of halogens is 1. The third kappa shape index (κ3) is 4.93. The van der Waals surface area contributed by atoms with Crippen molar-refractivity contribution in [2.45, 2.75) is 6.92 Å². The molecular formula is C23H21IN2O6. The second-order valence-corrected chi connectivity index (χ2v) is 7.68. The molecule has 0 radical (unpaired) electrons. The Balaban J connectivity index is 2.00. The van der Waals surface area contributed by atoms with E-state index in [1.54, 1.807) is 42.5 Å². The number of methoxy groups -OCH3 is 1. The first-order valence-corrected chi connectivity index (χ1v) is 10.7. The predicted octanol–water partition coefficient (Wildman–Crippen LogP) is 3.93. The maximum Gasteiger partial charge on any atom is 0.335 e. The summed E-state index contributed by atoms with van der Waals surface area (Å²) in [6, 6.07) is 8.97. The second-order valence-electron chi connectivity index (χ2n) is 6.52. The van der Waals surface area contributed by atoms with Gasteiger partial charge in [0.15, 0.2) is 11.5 Å². The third-order valence-electron chi connectivity index (χ3n) is 4.42. The van der Waals surface area contributed by atoms with Crippen LogP contribution in [-0.2, 0) is 9.59 Å². The number of urea groups is 1. The highest BCUT2D eigenvalue weighted by molar-refractivity contribution is 14.1. The zero-order chi connectivity index (χ0) is 23.3. The lowest BCUT2D eigenvalue weighted by molar-refractivity contribution is -0.122. The van der Waals surface area contributed by atoms with Crippen molar-refractivity contribution in [3.8, 4) is 17.2 Å². The smallest absolute Gasteiger partial charge is 0.335 e. The fraction of sp³-hybridized carbons (Fsp3) is 0.174. The average molecular weight is 548 g/mol. The Kier molecular flexibility index (Phi) is 7.52. The van der Waals surface area contributed by atoms with Crippen molar-refractivity contribution >= 4 is 52.2 Å². The van der Waals surface area contributed by atoms with E-state index in [0.29, 0.717) is 41.7 Å². The van der Waals surface area contributed by atoms with Gasteiger partial charge in [0.25, 0.3) is 11.8 Å². The van der Waals surface area contributed by atoms with Gasteiger partial charge in [-0.1, -0.05) is 12.7 Å². The summed E-state index contributed by atoms with van der Waals surface area (Å²) in [5.41, 5.74) is 0.675. The summed E-state index contributed by atoms with van der Waals surface area (Å²) in [6.45, 7) is 6.19. The van der Waals surface area contributed by atoms with Gasteiger partial charge in [-0.3, -0.25) is 14.9 Å². The summed E-state index contributed by atoms with van der Waals surface area (Å²) in [6.07, 6.45) is 3.04. The molecule has 0 bridgehead atoms. The number of nitrogens with one attached hydrogen (secondary N) is 1. The minimum Gasteiger partial charge on any atom is -0.497 e. The van der Waals surface area contributed by atoms with Crippen molar-refractivity contribution in [3.05, 3.63) is 63.8 Å². The van der Waals surface area contributed by atoms with Gasteiger partial charge >= 0.3 is 6.03 Å². The first-order chi connectivity index (χ1) is 15.4. The first-order valence-electron chi connectivity index (χ1n) is 9.65. The van der Waals surface area contributed by atoms with E-state index in [1.807, 2.05) is 6.92 Å². The zero-order valence-corrected chi connectivity index (χ0v) is 19.7.